The van der Waals surface area contributed by atoms with E-state index in [1.54, 1.807) is 0 Å². The molecule has 2 rings (SSSR count). The van der Waals surface area contributed by atoms with Gasteiger partial charge in [-0.05, 0) is 12.3 Å². The molecule has 1 nitrogen and oxygen atoms in total. The maximum atomic E-state index is 10.8. The van der Waals surface area contributed by atoms with E-state index in [4.69, 9.17) is 0 Å². The van der Waals surface area contributed by atoms with Gasteiger partial charge >= 0.3 is 0 Å². The summed E-state index contributed by atoms with van der Waals surface area (Å²) in [6.45, 7) is 0. The van der Waals surface area contributed by atoms with Crippen molar-refractivity contribution in [1.29, 1.82) is 0 Å². The fourth-order valence-electron chi connectivity index (χ4n) is 1.57. The largest absolute Gasteiger partial charge is 0.299 e. The molecule has 2 atom stereocenters. The molecule has 0 saturated heterocycles. The van der Waals surface area contributed by atoms with Gasteiger partial charge in [0.15, 0.2) is 0 Å². The van der Waals surface area contributed by atoms with E-state index < -0.39 is 0 Å². The van der Waals surface area contributed by atoms with Crippen molar-refractivity contribution in [1.82, 2.24) is 0 Å². The Morgan fingerprint density at radius 2 is 2.38 bits per heavy atom. The molecule has 0 aromatic carbocycles. The molecule has 42 valence electrons. The van der Waals surface area contributed by atoms with Crippen molar-refractivity contribution in [2.75, 3.05) is 0 Å². The van der Waals surface area contributed by atoms with Crippen molar-refractivity contribution < 1.29 is 4.79 Å². The van der Waals surface area contributed by atoms with E-state index in [0.29, 0.717) is 17.6 Å². The molecule has 1 fully saturated rings. The van der Waals surface area contributed by atoms with E-state index in [9.17, 15) is 4.79 Å². The normalized spacial score (nSPS) is 41.8. The molecule has 0 radical (unpaired) electrons. The van der Waals surface area contributed by atoms with Crippen LogP contribution in [-0.2, 0) is 4.79 Å². The molecule has 1 heteroatoms. The van der Waals surface area contributed by atoms with Gasteiger partial charge in [0, 0.05) is 12.3 Å². The van der Waals surface area contributed by atoms with E-state index in [2.05, 4.69) is 12.2 Å². The molecule has 0 heterocycles. The molecule has 2 aliphatic rings. The zero-order valence-corrected chi connectivity index (χ0v) is 4.63. The van der Waals surface area contributed by atoms with Gasteiger partial charge in [0.25, 0.3) is 0 Å². The number of carbonyl (C=O) groups is 1. The van der Waals surface area contributed by atoms with E-state index in [1.807, 2.05) is 0 Å². The predicted octanol–water partition coefficient (Wildman–Crippen LogP) is 1.15. The molecule has 1 saturated carbocycles. The van der Waals surface area contributed by atoms with Crippen molar-refractivity contribution in [2.24, 2.45) is 11.8 Å². The van der Waals surface area contributed by atoms with Gasteiger partial charge in [0.1, 0.15) is 5.78 Å². The van der Waals surface area contributed by atoms with Crippen molar-refractivity contribution >= 4 is 5.78 Å². The number of hydrogen-bond acceptors (Lipinski definition) is 1. The number of carbonyl (C=O) groups excluding carboxylic acids is 1. The van der Waals surface area contributed by atoms with Crippen LogP contribution < -0.4 is 0 Å². The summed E-state index contributed by atoms with van der Waals surface area (Å²) >= 11 is 0. The van der Waals surface area contributed by atoms with E-state index in [1.165, 1.54) is 0 Å². The van der Waals surface area contributed by atoms with Gasteiger partial charge in [-0.2, -0.15) is 0 Å². The summed E-state index contributed by atoms with van der Waals surface area (Å²) in [5, 5.41) is 0. The van der Waals surface area contributed by atoms with Gasteiger partial charge in [-0.25, -0.2) is 0 Å². The summed E-state index contributed by atoms with van der Waals surface area (Å²) in [6, 6.07) is 0. The van der Waals surface area contributed by atoms with Crippen LogP contribution in [0.25, 0.3) is 0 Å². The van der Waals surface area contributed by atoms with Crippen LogP contribution in [0.2, 0.25) is 0 Å². The van der Waals surface area contributed by atoms with Crippen molar-refractivity contribution in [2.45, 2.75) is 12.8 Å². The topological polar surface area (TPSA) is 17.1 Å². The van der Waals surface area contributed by atoms with Crippen LogP contribution in [-0.4, -0.2) is 5.78 Å². The molecule has 2 bridgehead atoms. The molecule has 8 heavy (non-hydrogen) atoms. The monoisotopic (exact) mass is 108 g/mol. The molecule has 0 aliphatic heterocycles. The maximum absolute atomic E-state index is 10.8. The van der Waals surface area contributed by atoms with Gasteiger partial charge in [0.05, 0.1) is 0 Å². The van der Waals surface area contributed by atoms with Crippen LogP contribution in [0.5, 0.6) is 0 Å². The molecular weight excluding hydrogens is 100 g/mol. The summed E-state index contributed by atoms with van der Waals surface area (Å²) in [7, 11) is 0. The second-order valence-electron chi connectivity index (χ2n) is 2.66. The number of rotatable bonds is 0. The van der Waals surface area contributed by atoms with Gasteiger partial charge in [0.2, 0.25) is 0 Å². The fourth-order valence-corrected chi connectivity index (χ4v) is 1.57. The summed E-state index contributed by atoms with van der Waals surface area (Å²) in [4.78, 5) is 10.8. The Morgan fingerprint density at radius 1 is 1.50 bits per heavy atom. The zero-order valence-electron chi connectivity index (χ0n) is 4.63. The number of allylic oxidation sites excluding steroid dienone is 2. The fraction of sp³-hybridized carbons (Fsp3) is 0.571. The van der Waals surface area contributed by atoms with Crippen molar-refractivity contribution in [3.05, 3.63) is 12.2 Å². The molecule has 0 unspecified atom stereocenters. The van der Waals surface area contributed by atoms with E-state index >= 15 is 0 Å². The van der Waals surface area contributed by atoms with Crippen LogP contribution in [0, 0.1) is 11.8 Å². The first-order valence-electron chi connectivity index (χ1n) is 3.07. The highest BCUT2D eigenvalue weighted by atomic mass is 16.1. The minimum absolute atomic E-state index is 0.319. The van der Waals surface area contributed by atoms with E-state index in [0.717, 1.165) is 12.8 Å². The number of fused-ring (bicyclic) bond motifs is 2. The van der Waals surface area contributed by atoms with Crippen molar-refractivity contribution in [3.63, 3.8) is 0 Å². The third kappa shape index (κ3) is 0.391. The van der Waals surface area contributed by atoms with Crippen LogP contribution >= 0.6 is 0 Å². The number of Topliss-reactive ketones (excluding diaryl/α,β-unsaturated/α-hetero) is 1. The molecule has 0 amide bonds. The minimum atomic E-state index is 0.319. The molecule has 0 aromatic rings. The molecular formula is C7H8O. The lowest BCUT2D eigenvalue weighted by molar-refractivity contribution is -0.119. The lowest BCUT2D eigenvalue weighted by atomic mass is 10.1. The van der Waals surface area contributed by atoms with Crippen LogP contribution in [0.1, 0.15) is 12.8 Å². The Morgan fingerprint density at radius 3 is 2.62 bits per heavy atom. The first-order valence-corrected chi connectivity index (χ1v) is 3.07. The number of hydrogen-bond donors (Lipinski definition) is 0. The summed E-state index contributed by atoms with van der Waals surface area (Å²) < 4.78 is 0. The summed E-state index contributed by atoms with van der Waals surface area (Å²) in [5.41, 5.74) is 0. The second-order valence-corrected chi connectivity index (χ2v) is 2.66. The number of ketones is 1. The standard InChI is InChI=1S/C7H8O/c8-7-4-5-1-2-6(7)3-5/h1-2,5-6H,3-4H2/t5-,6-/m1/s1. The molecule has 0 N–H and O–H groups in total. The average Bonchev–Trinajstić information content (AvgIpc) is 2.23. The molecule has 0 spiro atoms. The molecule has 2 aliphatic carbocycles. The highest BCUT2D eigenvalue weighted by Gasteiger charge is 2.33. The Labute approximate surface area is 48.4 Å². The molecule has 0 aromatic heterocycles. The first kappa shape index (κ1) is 4.30. The maximum Gasteiger partial charge on any atom is 0.140 e. The summed E-state index contributed by atoms with van der Waals surface area (Å²) in [6.07, 6.45) is 6.16. The van der Waals surface area contributed by atoms with E-state index in [-0.39, 0.29) is 0 Å². The minimum Gasteiger partial charge on any atom is -0.299 e. The van der Waals surface area contributed by atoms with Gasteiger partial charge in [-0.1, -0.05) is 12.2 Å². The lowest BCUT2D eigenvalue weighted by Crippen LogP contribution is -2.02. The van der Waals surface area contributed by atoms with Crippen molar-refractivity contribution in [3.8, 4) is 0 Å². The Hall–Kier alpha value is -0.590. The van der Waals surface area contributed by atoms with Gasteiger partial charge < -0.3 is 0 Å². The first-order chi connectivity index (χ1) is 3.86. The smallest absolute Gasteiger partial charge is 0.140 e. The highest BCUT2D eigenvalue weighted by Crippen LogP contribution is 2.35. The Bertz CT molecular complexity index is 158. The summed E-state index contributed by atoms with van der Waals surface area (Å²) in [5.74, 6) is 1.39. The predicted molar refractivity (Wildman–Crippen MR) is 30.4 cm³/mol. The Kier molecular flexibility index (Phi) is 0.655. The third-order valence-corrected chi connectivity index (χ3v) is 2.05. The zero-order chi connectivity index (χ0) is 5.56. The van der Waals surface area contributed by atoms with Crippen LogP contribution in [0.15, 0.2) is 12.2 Å². The highest BCUT2D eigenvalue weighted by molar-refractivity contribution is 5.86. The average molecular weight is 108 g/mol. The van der Waals surface area contributed by atoms with Gasteiger partial charge in [-0.15, -0.1) is 0 Å². The SMILES string of the molecule is O=C1C[C@@H]2C=C[C@@H]1C2. The van der Waals surface area contributed by atoms with Gasteiger partial charge in [-0.3, -0.25) is 4.79 Å². The second kappa shape index (κ2) is 1.22. The van der Waals surface area contributed by atoms with Crippen LogP contribution in [0.3, 0.4) is 0 Å². The quantitative estimate of drug-likeness (QED) is 0.425. The lowest BCUT2D eigenvalue weighted by Gasteiger charge is -1.96. The third-order valence-electron chi connectivity index (χ3n) is 2.05. The Balaban J connectivity index is 2.35. The van der Waals surface area contributed by atoms with Crippen LogP contribution in [0.4, 0.5) is 0 Å².